The number of cyclic esters (lactones) is 1. The molecule has 1 rings (SSSR count). The molecule has 0 bridgehead atoms. The van der Waals surface area contributed by atoms with Gasteiger partial charge in [0.15, 0.2) is 5.60 Å². The van der Waals surface area contributed by atoms with E-state index in [0.29, 0.717) is 19.3 Å². The standard InChI is InChI=1S/C13H21IO5/c1-2-3-4-5-6-11(15)17-9-13(10-18-14)8-7-12(16)19-13/h2-10H2,1H3. The lowest BCUT2D eigenvalue weighted by Gasteiger charge is -2.25. The molecule has 1 heterocycles. The molecule has 0 aromatic carbocycles. The second-order valence-corrected chi connectivity index (χ2v) is 5.50. The summed E-state index contributed by atoms with van der Waals surface area (Å²) in [6.07, 6.45) is 5.49. The van der Waals surface area contributed by atoms with Gasteiger partial charge in [-0.25, -0.2) is 0 Å². The molecule has 0 aromatic rings. The summed E-state index contributed by atoms with van der Waals surface area (Å²) in [5.74, 6) is -0.487. The van der Waals surface area contributed by atoms with E-state index in [9.17, 15) is 9.59 Å². The van der Waals surface area contributed by atoms with Gasteiger partial charge in [0.05, 0.1) is 0 Å². The van der Waals surface area contributed by atoms with Crippen molar-refractivity contribution in [3.05, 3.63) is 0 Å². The molecule has 1 atom stereocenters. The number of carbonyl (C=O) groups is 2. The Bertz CT molecular complexity index is 307. The molecule has 0 aromatic heterocycles. The van der Waals surface area contributed by atoms with Gasteiger partial charge in [0.2, 0.25) is 0 Å². The molecular formula is C13H21IO5. The zero-order valence-electron chi connectivity index (χ0n) is 11.3. The van der Waals surface area contributed by atoms with Gasteiger partial charge in [0, 0.05) is 19.3 Å². The highest BCUT2D eigenvalue weighted by atomic mass is 127. The number of halogens is 1. The molecule has 6 heteroatoms. The summed E-state index contributed by atoms with van der Waals surface area (Å²) >= 11 is 1.75. The number of ether oxygens (including phenoxy) is 2. The maximum atomic E-state index is 11.6. The molecule has 1 aliphatic heterocycles. The van der Waals surface area contributed by atoms with Crippen molar-refractivity contribution in [2.75, 3.05) is 13.2 Å². The van der Waals surface area contributed by atoms with Gasteiger partial charge in [-0.1, -0.05) is 26.2 Å². The van der Waals surface area contributed by atoms with Crippen LogP contribution < -0.4 is 0 Å². The molecule has 1 unspecified atom stereocenters. The normalized spacial score (nSPS) is 22.3. The van der Waals surface area contributed by atoms with E-state index in [1.54, 1.807) is 23.0 Å². The highest BCUT2D eigenvalue weighted by Gasteiger charge is 2.42. The largest absolute Gasteiger partial charge is 0.461 e. The zero-order valence-corrected chi connectivity index (χ0v) is 13.4. The summed E-state index contributed by atoms with van der Waals surface area (Å²) in [6, 6.07) is 0. The second kappa shape index (κ2) is 8.73. The average Bonchev–Trinajstić information content (AvgIpc) is 2.75. The number of rotatable bonds is 9. The van der Waals surface area contributed by atoms with Gasteiger partial charge >= 0.3 is 11.9 Å². The first-order chi connectivity index (χ1) is 9.12. The Hall–Kier alpha value is -0.370. The predicted molar refractivity (Wildman–Crippen MR) is 77.7 cm³/mol. The van der Waals surface area contributed by atoms with Gasteiger partial charge < -0.3 is 12.5 Å². The number of hydrogen-bond donors (Lipinski definition) is 0. The van der Waals surface area contributed by atoms with Crippen molar-refractivity contribution < 1.29 is 22.1 Å². The summed E-state index contributed by atoms with van der Waals surface area (Å²) < 4.78 is 15.5. The fraction of sp³-hybridized carbons (Fsp3) is 0.846. The molecule has 1 saturated heterocycles. The Labute approximate surface area is 128 Å². The average molecular weight is 384 g/mol. The topological polar surface area (TPSA) is 61.8 Å². The molecule has 0 saturated carbocycles. The SMILES string of the molecule is CCCCCCC(=O)OCC1(COI)CCC(=O)O1. The summed E-state index contributed by atoms with van der Waals surface area (Å²) in [6.45, 7) is 2.47. The highest BCUT2D eigenvalue weighted by molar-refractivity contribution is 14.1. The Morgan fingerprint density at radius 2 is 2.16 bits per heavy atom. The predicted octanol–water partition coefficient (Wildman–Crippen LogP) is 2.94. The minimum absolute atomic E-state index is 0.0916. The Morgan fingerprint density at radius 3 is 2.74 bits per heavy atom. The van der Waals surface area contributed by atoms with Crippen LogP contribution in [0.5, 0.6) is 0 Å². The van der Waals surface area contributed by atoms with Crippen molar-refractivity contribution in [2.24, 2.45) is 0 Å². The lowest BCUT2D eigenvalue weighted by Crippen LogP contribution is -2.39. The summed E-state index contributed by atoms with van der Waals surface area (Å²) in [4.78, 5) is 22.8. The first kappa shape index (κ1) is 16.7. The lowest BCUT2D eigenvalue weighted by molar-refractivity contribution is -0.165. The van der Waals surface area contributed by atoms with Crippen molar-refractivity contribution in [3.63, 3.8) is 0 Å². The first-order valence-corrected chi connectivity index (χ1v) is 7.61. The molecule has 0 aliphatic carbocycles. The minimum Gasteiger partial charge on any atom is -0.461 e. The monoisotopic (exact) mass is 384 g/mol. The van der Waals surface area contributed by atoms with Crippen LogP contribution >= 0.6 is 23.0 Å². The quantitative estimate of drug-likeness (QED) is 0.348. The van der Waals surface area contributed by atoms with Crippen molar-refractivity contribution in [1.82, 2.24) is 0 Å². The molecule has 0 radical (unpaired) electrons. The van der Waals surface area contributed by atoms with Gasteiger partial charge in [0.25, 0.3) is 0 Å². The molecular weight excluding hydrogens is 363 g/mol. The number of carbonyl (C=O) groups excluding carboxylic acids is 2. The Balaban J connectivity index is 2.28. The van der Waals surface area contributed by atoms with Crippen LogP contribution in [-0.4, -0.2) is 30.8 Å². The van der Waals surface area contributed by atoms with E-state index in [1.165, 1.54) is 0 Å². The van der Waals surface area contributed by atoms with Crippen molar-refractivity contribution >= 4 is 34.9 Å². The summed E-state index contributed by atoms with van der Waals surface area (Å²) in [7, 11) is 0. The minimum atomic E-state index is -0.780. The van der Waals surface area contributed by atoms with E-state index >= 15 is 0 Å². The fourth-order valence-electron chi connectivity index (χ4n) is 2.00. The van der Waals surface area contributed by atoms with Crippen LogP contribution in [0.3, 0.4) is 0 Å². The third kappa shape index (κ3) is 6.07. The number of unbranched alkanes of at least 4 members (excludes halogenated alkanes) is 3. The van der Waals surface area contributed by atoms with Crippen LogP contribution in [0.15, 0.2) is 0 Å². The van der Waals surface area contributed by atoms with E-state index in [0.717, 1.165) is 25.7 Å². The third-order valence-corrected chi connectivity index (χ3v) is 3.47. The second-order valence-electron chi connectivity index (χ2n) is 4.88. The maximum Gasteiger partial charge on any atom is 0.306 e. The summed E-state index contributed by atoms with van der Waals surface area (Å²) in [5.41, 5.74) is -0.780. The molecule has 1 aliphatic rings. The zero-order chi connectivity index (χ0) is 14.1. The third-order valence-electron chi connectivity index (χ3n) is 3.16. The van der Waals surface area contributed by atoms with Crippen molar-refractivity contribution in [1.29, 1.82) is 0 Å². The van der Waals surface area contributed by atoms with Crippen LogP contribution in [0.4, 0.5) is 0 Å². The van der Waals surface area contributed by atoms with Crippen molar-refractivity contribution in [3.8, 4) is 0 Å². The Morgan fingerprint density at radius 1 is 1.37 bits per heavy atom. The van der Waals surface area contributed by atoms with Gasteiger partial charge in [-0.05, 0) is 6.42 Å². The molecule has 19 heavy (non-hydrogen) atoms. The molecule has 0 amide bonds. The fourth-order valence-corrected chi connectivity index (χ4v) is 2.57. The van der Waals surface area contributed by atoms with Crippen LogP contribution in [0.1, 0.15) is 51.9 Å². The lowest BCUT2D eigenvalue weighted by atomic mass is 10.0. The van der Waals surface area contributed by atoms with Gasteiger partial charge in [-0.3, -0.25) is 9.59 Å². The van der Waals surface area contributed by atoms with E-state index in [1.807, 2.05) is 0 Å². The van der Waals surface area contributed by atoms with Gasteiger partial charge in [-0.2, -0.15) is 0 Å². The van der Waals surface area contributed by atoms with E-state index in [4.69, 9.17) is 12.5 Å². The highest BCUT2D eigenvalue weighted by Crippen LogP contribution is 2.28. The van der Waals surface area contributed by atoms with Gasteiger partial charge in [0.1, 0.15) is 36.2 Å². The van der Waals surface area contributed by atoms with Crippen LogP contribution in [0.25, 0.3) is 0 Å². The van der Waals surface area contributed by atoms with Crippen LogP contribution in [0.2, 0.25) is 0 Å². The van der Waals surface area contributed by atoms with Crippen LogP contribution in [-0.2, 0) is 22.1 Å². The number of esters is 2. The molecule has 5 nitrogen and oxygen atoms in total. The van der Waals surface area contributed by atoms with E-state index in [-0.39, 0.29) is 25.2 Å². The van der Waals surface area contributed by atoms with Crippen molar-refractivity contribution in [2.45, 2.75) is 57.5 Å². The molecule has 1 fully saturated rings. The first-order valence-electron chi connectivity index (χ1n) is 6.73. The summed E-state index contributed by atoms with van der Waals surface area (Å²) in [5, 5.41) is 0. The number of hydrogen-bond acceptors (Lipinski definition) is 5. The van der Waals surface area contributed by atoms with E-state index < -0.39 is 5.60 Å². The van der Waals surface area contributed by atoms with E-state index in [2.05, 4.69) is 6.92 Å². The van der Waals surface area contributed by atoms with Gasteiger partial charge in [-0.15, -0.1) is 0 Å². The maximum absolute atomic E-state index is 11.6. The smallest absolute Gasteiger partial charge is 0.306 e. The molecule has 0 spiro atoms. The van der Waals surface area contributed by atoms with Crippen LogP contribution in [0, 0.1) is 0 Å². The Kier molecular flexibility index (Phi) is 7.67. The molecule has 110 valence electrons. The molecule has 0 N–H and O–H groups in total.